The van der Waals surface area contributed by atoms with Crippen LogP contribution in [0.2, 0.25) is 0 Å². The van der Waals surface area contributed by atoms with Gasteiger partial charge in [0.05, 0.1) is 6.10 Å². The predicted octanol–water partition coefficient (Wildman–Crippen LogP) is 4.19. The largest absolute Gasteiger partial charge is 0.337 e. The second-order valence-electron chi connectivity index (χ2n) is 5.09. The van der Waals surface area contributed by atoms with Crippen molar-refractivity contribution in [1.82, 2.24) is 0 Å². The minimum Gasteiger partial charge on any atom is -0.337 e. The second-order valence-corrected chi connectivity index (χ2v) is 13.4. The van der Waals surface area contributed by atoms with Crippen LogP contribution in [0, 0.1) is 5.92 Å². The molecule has 1 saturated heterocycles. The Labute approximate surface area is 102 Å². The second kappa shape index (κ2) is 3.87. The van der Waals surface area contributed by atoms with Gasteiger partial charge < -0.3 is 4.52 Å². The van der Waals surface area contributed by atoms with Crippen molar-refractivity contribution in [3.63, 3.8) is 0 Å². The standard InChI is InChI=1S/C11H19OPS2/c1-8(2)9-5-6-10-11(3,7-9)15-13(4,14)12-10/h9-10H,1,5-7H2,2-4H3/t9?,10-,11-,13+/m0/s1. The van der Waals surface area contributed by atoms with Gasteiger partial charge in [-0.3, -0.25) is 0 Å². The van der Waals surface area contributed by atoms with Gasteiger partial charge in [-0.25, -0.2) is 0 Å². The third-order valence-electron chi connectivity index (χ3n) is 3.50. The maximum absolute atomic E-state index is 6.04. The summed E-state index contributed by atoms with van der Waals surface area (Å²) in [4.78, 5) is 0. The van der Waals surface area contributed by atoms with Gasteiger partial charge in [0.25, 0.3) is 0 Å². The zero-order valence-corrected chi connectivity index (χ0v) is 12.2. The lowest BCUT2D eigenvalue weighted by atomic mass is 9.77. The molecule has 0 aromatic carbocycles. The van der Waals surface area contributed by atoms with Crippen LogP contribution in [0.25, 0.3) is 0 Å². The fourth-order valence-corrected chi connectivity index (χ4v) is 10.1. The quantitative estimate of drug-likeness (QED) is 0.518. The summed E-state index contributed by atoms with van der Waals surface area (Å²) < 4.78 is 6.30. The van der Waals surface area contributed by atoms with Gasteiger partial charge in [-0.1, -0.05) is 35.3 Å². The molecule has 0 radical (unpaired) electrons. The van der Waals surface area contributed by atoms with E-state index in [2.05, 4.69) is 27.1 Å². The van der Waals surface area contributed by atoms with Crippen LogP contribution in [-0.4, -0.2) is 17.5 Å². The summed E-state index contributed by atoms with van der Waals surface area (Å²) in [5, 5.41) is 0. The minimum absolute atomic E-state index is 0.256. The van der Waals surface area contributed by atoms with E-state index in [1.54, 1.807) is 0 Å². The van der Waals surface area contributed by atoms with Crippen molar-refractivity contribution in [1.29, 1.82) is 0 Å². The number of fused-ring (bicyclic) bond motifs is 1. The Hall–Kier alpha value is 0.700. The van der Waals surface area contributed by atoms with Gasteiger partial charge in [-0.15, -0.1) is 0 Å². The molecule has 0 bridgehead atoms. The smallest absolute Gasteiger partial charge is 0.117 e. The number of allylic oxidation sites excluding steroid dienone is 1. The van der Waals surface area contributed by atoms with Crippen molar-refractivity contribution >= 4 is 28.7 Å². The molecule has 15 heavy (non-hydrogen) atoms. The van der Waals surface area contributed by atoms with E-state index in [0.29, 0.717) is 12.0 Å². The highest BCUT2D eigenvalue weighted by Crippen LogP contribution is 2.73. The van der Waals surface area contributed by atoms with E-state index in [4.69, 9.17) is 16.3 Å². The molecule has 86 valence electrons. The molecule has 0 spiro atoms. The molecule has 1 heterocycles. The van der Waals surface area contributed by atoms with Crippen LogP contribution in [0.4, 0.5) is 0 Å². The van der Waals surface area contributed by atoms with Crippen molar-refractivity contribution in [2.75, 3.05) is 6.66 Å². The first-order chi connectivity index (χ1) is 6.82. The molecule has 2 fully saturated rings. The number of rotatable bonds is 1. The lowest BCUT2D eigenvalue weighted by molar-refractivity contribution is 0.132. The van der Waals surface area contributed by atoms with Gasteiger partial charge in [-0.2, -0.15) is 0 Å². The average molecular weight is 262 g/mol. The van der Waals surface area contributed by atoms with Crippen LogP contribution in [0.5, 0.6) is 0 Å². The fourth-order valence-electron chi connectivity index (χ4n) is 2.69. The summed E-state index contributed by atoms with van der Waals surface area (Å²) >= 11 is 7.47. The molecular formula is C11H19OPS2. The van der Waals surface area contributed by atoms with Gasteiger partial charge in [0.1, 0.15) is 5.47 Å². The lowest BCUT2D eigenvalue weighted by Crippen LogP contribution is -2.39. The SMILES string of the molecule is C=C(C)C1CC[C@@H]2O[P@](C)(=S)S[C@@]2(C)C1. The van der Waals surface area contributed by atoms with E-state index in [0.717, 1.165) is 6.42 Å². The summed E-state index contributed by atoms with van der Waals surface area (Å²) in [6.45, 7) is 10.7. The fraction of sp³-hybridized carbons (Fsp3) is 0.818. The molecule has 1 aliphatic heterocycles. The molecule has 2 aliphatic rings. The molecule has 2 rings (SSSR count). The summed E-state index contributed by atoms with van der Waals surface area (Å²) in [5.74, 6) is 0.676. The van der Waals surface area contributed by atoms with Crippen LogP contribution >= 0.6 is 16.8 Å². The Bertz CT molecular complexity index is 341. The highest BCUT2D eigenvalue weighted by atomic mass is 32.9. The molecule has 1 unspecified atom stereocenters. The topological polar surface area (TPSA) is 9.23 Å². The molecule has 0 amide bonds. The van der Waals surface area contributed by atoms with Gasteiger partial charge in [-0.05, 0) is 45.7 Å². The van der Waals surface area contributed by atoms with Gasteiger partial charge in [0.15, 0.2) is 0 Å². The molecule has 1 saturated carbocycles. The van der Waals surface area contributed by atoms with E-state index in [1.165, 1.54) is 18.4 Å². The first kappa shape index (κ1) is 12.2. The third-order valence-corrected chi connectivity index (χ3v) is 8.75. The molecule has 0 N–H and O–H groups in total. The van der Waals surface area contributed by atoms with E-state index in [-0.39, 0.29) is 4.75 Å². The van der Waals surface area contributed by atoms with Crippen molar-refractivity contribution in [2.24, 2.45) is 5.92 Å². The summed E-state index contributed by atoms with van der Waals surface area (Å²) in [6.07, 6.45) is 3.98. The van der Waals surface area contributed by atoms with Crippen LogP contribution in [-0.2, 0) is 16.3 Å². The van der Waals surface area contributed by atoms with Crippen molar-refractivity contribution in [3.8, 4) is 0 Å². The van der Waals surface area contributed by atoms with Crippen molar-refractivity contribution in [3.05, 3.63) is 12.2 Å². The minimum atomic E-state index is -1.55. The van der Waals surface area contributed by atoms with Gasteiger partial charge in [0.2, 0.25) is 0 Å². The highest BCUT2D eigenvalue weighted by Gasteiger charge is 2.50. The molecule has 4 heteroatoms. The zero-order valence-electron chi connectivity index (χ0n) is 9.66. The van der Waals surface area contributed by atoms with Crippen LogP contribution in [0.1, 0.15) is 33.1 Å². The maximum Gasteiger partial charge on any atom is 0.117 e. The average Bonchev–Trinajstić information content (AvgIpc) is 2.31. The van der Waals surface area contributed by atoms with Crippen molar-refractivity contribution in [2.45, 2.75) is 44.0 Å². The Morgan fingerprint density at radius 1 is 1.60 bits per heavy atom. The zero-order chi connectivity index (χ0) is 11.3. The number of hydrogen-bond donors (Lipinski definition) is 0. The van der Waals surface area contributed by atoms with E-state index in [1.807, 2.05) is 11.4 Å². The monoisotopic (exact) mass is 262 g/mol. The Morgan fingerprint density at radius 2 is 2.27 bits per heavy atom. The van der Waals surface area contributed by atoms with E-state index < -0.39 is 5.47 Å². The number of hydrogen-bond acceptors (Lipinski definition) is 3. The Kier molecular flexibility index (Phi) is 3.14. The summed E-state index contributed by atoms with van der Waals surface area (Å²) in [6, 6.07) is 0. The molecule has 1 aliphatic carbocycles. The Morgan fingerprint density at radius 3 is 2.87 bits per heavy atom. The third kappa shape index (κ3) is 2.36. The molecule has 1 nitrogen and oxygen atoms in total. The van der Waals surface area contributed by atoms with Crippen LogP contribution in [0.15, 0.2) is 12.2 Å². The highest BCUT2D eigenvalue weighted by molar-refractivity contribution is 8.70. The molecular weight excluding hydrogens is 243 g/mol. The van der Waals surface area contributed by atoms with E-state index >= 15 is 0 Å². The van der Waals surface area contributed by atoms with Crippen LogP contribution < -0.4 is 0 Å². The summed E-state index contributed by atoms with van der Waals surface area (Å²) in [5.41, 5.74) is -0.225. The molecule has 0 aromatic heterocycles. The molecule has 0 aromatic rings. The first-order valence-electron chi connectivity index (χ1n) is 5.44. The maximum atomic E-state index is 6.04. The first-order valence-corrected chi connectivity index (χ1v) is 10.0. The van der Waals surface area contributed by atoms with Gasteiger partial charge >= 0.3 is 0 Å². The van der Waals surface area contributed by atoms with Crippen molar-refractivity contribution < 1.29 is 4.52 Å². The molecule has 4 atom stereocenters. The van der Waals surface area contributed by atoms with E-state index in [9.17, 15) is 0 Å². The van der Waals surface area contributed by atoms with Crippen LogP contribution in [0.3, 0.4) is 0 Å². The summed E-state index contributed by atoms with van der Waals surface area (Å²) in [7, 11) is 0. The lowest BCUT2D eigenvalue weighted by Gasteiger charge is -2.38. The Balaban J connectivity index is 2.18. The van der Waals surface area contributed by atoms with Gasteiger partial charge in [0, 0.05) is 4.75 Å². The predicted molar refractivity (Wildman–Crippen MR) is 73.2 cm³/mol. The normalized spacial score (nSPS) is 50.1.